The molecule has 0 fully saturated rings. The van der Waals surface area contributed by atoms with E-state index < -0.39 is 23.7 Å². The van der Waals surface area contributed by atoms with Crippen molar-refractivity contribution >= 4 is 11.6 Å². The zero-order valence-corrected chi connectivity index (χ0v) is 14.2. The number of nitriles is 1. The Hall–Kier alpha value is -3.00. The number of likely N-dealkylation sites (N-methyl/N-ethyl adjacent to an activating group) is 1. The third-order valence-electron chi connectivity index (χ3n) is 3.00. The van der Waals surface area contributed by atoms with E-state index in [0.29, 0.717) is 6.54 Å². The van der Waals surface area contributed by atoms with Gasteiger partial charge in [-0.25, -0.2) is 9.97 Å². The van der Waals surface area contributed by atoms with Gasteiger partial charge in [-0.15, -0.1) is 10.2 Å². The molecular formula is C15H16F3N7O. The van der Waals surface area contributed by atoms with Crippen LogP contribution in [0.5, 0.6) is 5.75 Å². The number of ether oxygens (including phenoxy) is 1. The highest BCUT2D eigenvalue weighted by Gasteiger charge is 2.38. The molecule has 138 valence electrons. The first-order chi connectivity index (χ1) is 12.2. The lowest BCUT2D eigenvalue weighted by molar-refractivity contribution is -0.143. The van der Waals surface area contributed by atoms with Gasteiger partial charge in [-0.2, -0.15) is 18.4 Å². The average molecular weight is 367 g/mol. The SMILES string of the molecule is C[C@@H](CN(C)C)Oc1cc(Nc2cnc(C#N)cn2)nnc1C(F)(F)F. The summed E-state index contributed by atoms with van der Waals surface area (Å²) in [6.45, 7) is 2.07. The normalized spacial score (nSPS) is 12.5. The van der Waals surface area contributed by atoms with E-state index in [1.54, 1.807) is 25.9 Å². The summed E-state index contributed by atoms with van der Waals surface area (Å²) in [5.41, 5.74) is -1.10. The van der Waals surface area contributed by atoms with Crippen molar-refractivity contribution in [3.05, 3.63) is 29.8 Å². The molecule has 0 spiro atoms. The molecule has 0 saturated heterocycles. The van der Waals surface area contributed by atoms with E-state index in [9.17, 15) is 13.2 Å². The minimum absolute atomic E-state index is 0.00376. The van der Waals surface area contributed by atoms with Gasteiger partial charge in [0.1, 0.15) is 18.0 Å². The van der Waals surface area contributed by atoms with Crippen molar-refractivity contribution in [2.45, 2.75) is 19.2 Å². The Morgan fingerprint density at radius 3 is 2.50 bits per heavy atom. The second-order valence-electron chi connectivity index (χ2n) is 5.65. The molecule has 0 unspecified atom stereocenters. The van der Waals surface area contributed by atoms with Crippen LogP contribution in [0.3, 0.4) is 0 Å². The van der Waals surface area contributed by atoms with Crippen LogP contribution in [0.25, 0.3) is 0 Å². The molecule has 11 heteroatoms. The fraction of sp³-hybridized carbons (Fsp3) is 0.400. The molecule has 26 heavy (non-hydrogen) atoms. The highest BCUT2D eigenvalue weighted by Crippen LogP contribution is 2.35. The first-order valence-corrected chi connectivity index (χ1v) is 7.44. The van der Waals surface area contributed by atoms with Crippen LogP contribution in [-0.4, -0.2) is 51.8 Å². The minimum Gasteiger partial charge on any atom is -0.487 e. The lowest BCUT2D eigenvalue weighted by Crippen LogP contribution is -2.29. The van der Waals surface area contributed by atoms with E-state index in [4.69, 9.17) is 10.00 Å². The molecule has 0 saturated carbocycles. The second kappa shape index (κ2) is 7.92. The van der Waals surface area contributed by atoms with Gasteiger partial charge in [-0.05, 0) is 21.0 Å². The molecular weight excluding hydrogens is 351 g/mol. The second-order valence-corrected chi connectivity index (χ2v) is 5.65. The van der Waals surface area contributed by atoms with Crippen LogP contribution in [-0.2, 0) is 6.18 Å². The summed E-state index contributed by atoms with van der Waals surface area (Å²) in [4.78, 5) is 9.50. The zero-order valence-electron chi connectivity index (χ0n) is 14.2. The van der Waals surface area contributed by atoms with Crippen LogP contribution >= 0.6 is 0 Å². The van der Waals surface area contributed by atoms with Gasteiger partial charge in [0, 0.05) is 12.6 Å². The first kappa shape index (κ1) is 19.3. The minimum atomic E-state index is -4.70. The van der Waals surface area contributed by atoms with Gasteiger partial charge in [0.25, 0.3) is 0 Å². The molecule has 1 N–H and O–H groups in total. The molecule has 0 aliphatic rings. The van der Waals surface area contributed by atoms with E-state index in [0.717, 1.165) is 6.07 Å². The summed E-state index contributed by atoms with van der Waals surface area (Å²) in [5, 5.41) is 18.1. The molecule has 8 nitrogen and oxygen atoms in total. The summed E-state index contributed by atoms with van der Waals surface area (Å²) in [5.74, 6) is -0.236. The van der Waals surface area contributed by atoms with Crippen LogP contribution < -0.4 is 10.1 Å². The standard InChI is InChI=1S/C15H16F3N7O/c1-9(8-25(2)3)26-11-4-12(23-24-14(11)15(16,17)18)22-13-7-20-10(5-19)6-21-13/h4,6-7,9H,8H2,1-3H3,(H,21,22,23)/t9-/m0/s1. The Morgan fingerprint density at radius 1 is 1.23 bits per heavy atom. The Labute approximate surface area is 147 Å². The number of aromatic nitrogens is 4. The predicted octanol–water partition coefficient (Wildman–Crippen LogP) is 2.23. The molecule has 0 aliphatic heterocycles. The maximum Gasteiger partial charge on any atom is 0.438 e. The van der Waals surface area contributed by atoms with Gasteiger partial charge >= 0.3 is 6.18 Å². The smallest absolute Gasteiger partial charge is 0.438 e. The lowest BCUT2D eigenvalue weighted by Gasteiger charge is -2.21. The molecule has 0 bridgehead atoms. The van der Waals surface area contributed by atoms with Crippen LogP contribution in [0, 0.1) is 11.3 Å². The van der Waals surface area contributed by atoms with Crippen LogP contribution in [0.15, 0.2) is 18.5 Å². The van der Waals surface area contributed by atoms with Crippen molar-refractivity contribution in [1.29, 1.82) is 5.26 Å². The van der Waals surface area contributed by atoms with Gasteiger partial charge in [-0.3, -0.25) is 0 Å². The van der Waals surface area contributed by atoms with Crippen molar-refractivity contribution < 1.29 is 17.9 Å². The van der Waals surface area contributed by atoms with Gasteiger partial charge in [0.15, 0.2) is 17.3 Å². The van der Waals surface area contributed by atoms with Gasteiger partial charge in [-0.1, -0.05) is 0 Å². The fourth-order valence-corrected chi connectivity index (χ4v) is 2.07. The highest BCUT2D eigenvalue weighted by molar-refractivity contribution is 5.53. The molecule has 0 amide bonds. The topological polar surface area (TPSA) is 99.8 Å². The number of nitrogens with zero attached hydrogens (tertiary/aromatic N) is 6. The van der Waals surface area contributed by atoms with Crippen LogP contribution in [0.1, 0.15) is 18.3 Å². The average Bonchev–Trinajstić information content (AvgIpc) is 2.53. The zero-order chi connectivity index (χ0) is 19.3. The van der Waals surface area contributed by atoms with E-state index in [-0.39, 0.29) is 17.3 Å². The van der Waals surface area contributed by atoms with Crippen molar-refractivity contribution in [3.63, 3.8) is 0 Å². The van der Waals surface area contributed by atoms with Crippen molar-refractivity contribution in [3.8, 4) is 11.8 Å². The molecule has 0 aromatic carbocycles. The third-order valence-corrected chi connectivity index (χ3v) is 3.00. The Kier molecular flexibility index (Phi) is 5.89. The first-order valence-electron chi connectivity index (χ1n) is 7.44. The van der Waals surface area contributed by atoms with Crippen molar-refractivity contribution in [1.82, 2.24) is 25.1 Å². The van der Waals surface area contributed by atoms with Gasteiger partial charge < -0.3 is 15.0 Å². The quantitative estimate of drug-likeness (QED) is 0.830. The maximum absolute atomic E-state index is 13.1. The number of hydrogen-bond donors (Lipinski definition) is 1. The van der Waals surface area contributed by atoms with Crippen molar-refractivity contribution in [2.24, 2.45) is 0 Å². The third kappa shape index (κ3) is 5.25. The van der Waals surface area contributed by atoms with Crippen molar-refractivity contribution in [2.75, 3.05) is 26.0 Å². The molecule has 1 atom stereocenters. The van der Waals surface area contributed by atoms with E-state index >= 15 is 0 Å². The number of nitrogens with one attached hydrogen (secondary N) is 1. The number of anilines is 2. The van der Waals surface area contributed by atoms with E-state index in [1.807, 2.05) is 6.07 Å². The summed E-state index contributed by atoms with van der Waals surface area (Å²) in [6.07, 6.45) is -2.73. The molecule has 0 aliphatic carbocycles. The van der Waals surface area contributed by atoms with E-state index in [2.05, 4.69) is 25.5 Å². The summed E-state index contributed by atoms with van der Waals surface area (Å²) in [7, 11) is 3.57. The summed E-state index contributed by atoms with van der Waals surface area (Å²) in [6, 6.07) is 2.91. The number of halogens is 3. The number of hydrogen-bond acceptors (Lipinski definition) is 8. The van der Waals surface area contributed by atoms with Gasteiger partial charge in [0.2, 0.25) is 5.69 Å². The summed E-state index contributed by atoms with van der Waals surface area (Å²) < 4.78 is 44.8. The molecule has 2 heterocycles. The fourth-order valence-electron chi connectivity index (χ4n) is 2.07. The predicted molar refractivity (Wildman–Crippen MR) is 85.7 cm³/mol. The number of rotatable bonds is 6. The molecule has 2 rings (SSSR count). The highest BCUT2D eigenvalue weighted by atomic mass is 19.4. The van der Waals surface area contributed by atoms with E-state index in [1.165, 1.54) is 12.4 Å². The maximum atomic E-state index is 13.1. The van der Waals surface area contributed by atoms with Crippen LogP contribution in [0.4, 0.5) is 24.8 Å². The summed E-state index contributed by atoms with van der Waals surface area (Å²) >= 11 is 0. The Bertz CT molecular complexity index is 787. The molecule has 2 aromatic heterocycles. The molecule has 2 aromatic rings. The lowest BCUT2D eigenvalue weighted by atomic mass is 10.3. The van der Waals surface area contributed by atoms with Gasteiger partial charge in [0.05, 0.1) is 12.4 Å². The largest absolute Gasteiger partial charge is 0.487 e. The monoisotopic (exact) mass is 367 g/mol. The number of alkyl halides is 3. The molecule has 0 radical (unpaired) electrons. The Morgan fingerprint density at radius 2 is 1.96 bits per heavy atom. The van der Waals surface area contributed by atoms with Crippen LogP contribution in [0.2, 0.25) is 0 Å². The Balaban J connectivity index is 2.28.